The number of aliphatic hydroxyl groups is 2. The Hall–Kier alpha value is -1.71. The van der Waals surface area contributed by atoms with E-state index in [-0.39, 0.29) is 17.9 Å². The molecule has 14 heteroatoms. The molecule has 0 aromatic carbocycles. The van der Waals surface area contributed by atoms with Gasteiger partial charge in [0, 0.05) is 79.0 Å². The van der Waals surface area contributed by atoms with Gasteiger partial charge >= 0.3 is 11.9 Å². The summed E-state index contributed by atoms with van der Waals surface area (Å²) in [5.74, 6) is 0.238. The average Bonchev–Trinajstić information content (AvgIpc) is 4.19. The monoisotopic (exact) mass is 925 g/mol. The van der Waals surface area contributed by atoms with Crippen LogP contribution in [0.25, 0.3) is 0 Å². The van der Waals surface area contributed by atoms with Gasteiger partial charge in [0.25, 0.3) is 5.97 Å². The second-order valence-electron chi connectivity index (χ2n) is 10.8. The number of hydrogen-bond donors (Lipinski definition) is 4. The third kappa shape index (κ3) is 114. The molecule has 0 unspecified atom stereocenters. The van der Waals surface area contributed by atoms with Gasteiger partial charge in [0.15, 0.2) is 0 Å². The number of ether oxygens (including phenoxy) is 4. The van der Waals surface area contributed by atoms with E-state index >= 15 is 0 Å². The lowest BCUT2D eigenvalue weighted by Gasteiger charge is -2.08. The molecule has 4 heterocycles. The van der Waals surface area contributed by atoms with Crippen LogP contribution in [0.2, 0.25) is 0 Å². The summed E-state index contributed by atoms with van der Waals surface area (Å²) in [5.41, 5.74) is 0. The number of rotatable bonds is 1. The Morgan fingerprint density at radius 1 is 0.475 bits per heavy atom. The highest BCUT2D eigenvalue weighted by molar-refractivity contribution is 7.98. The molecule has 4 aliphatic heterocycles. The smallest absolute Gasteiger partial charge is 0.305 e. The molecule has 2 aliphatic carbocycles. The Bertz CT molecular complexity index is 652. The van der Waals surface area contributed by atoms with Gasteiger partial charge in [-0.3, -0.25) is 24.0 Å². The number of hydrogen-bond acceptors (Lipinski definition) is 13. The van der Waals surface area contributed by atoms with Crippen LogP contribution in [0.3, 0.4) is 0 Å². The SMILES string of the molecule is C1CCOC1.C1CCOCC1.CC.CC.CC.CC.CC.CC.CC(=O)O.CO.CS.CSCO.O=C1CCCC1.O=C1CCCCC1.O=C1CCCCO1.O=C1CCCO1. The fraction of sp³-hybridized carbons (Fsp3) is 0.894. The number of carbonyl (C=O) groups excluding carboxylic acids is 4. The predicted octanol–water partition coefficient (Wildman–Crippen LogP) is 12.4. The molecule has 0 atom stereocenters. The van der Waals surface area contributed by atoms with Crippen molar-refractivity contribution in [1.29, 1.82) is 0 Å². The molecule has 0 aromatic heterocycles. The predicted molar refractivity (Wildman–Crippen MR) is 266 cm³/mol. The summed E-state index contributed by atoms with van der Waals surface area (Å²) in [7, 11) is 1.00. The first-order chi connectivity index (χ1) is 29.7. The molecule has 0 spiro atoms. The lowest BCUT2D eigenvalue weighted by Crippen LogP contribution is -2.10. The maximum absolute atomic E-state index is 10.5. The van der Waals surface area contributed by atoms with Crippen LogP contribution in [0.1, 0.15) is 212 Å². The number of cyclic esters (lactones) is 2. The first-order valence-electron chi connectivity index (χ1n) is 23.4. The maximum atomic E-state index is 10.5. The normalized spacial score (nSPS) is 15.3. The van der Waals surface area contributed by atoms with Gasteiger partial charge in [0.2, 0.25) is 0 Å². The van der Waals surface area contributed by atoms with E-state index in [9.17, 15) is 19.2 Å². The van der Waals surface area contributed by atoms with E-state index < -0.39 is 5.97 Å². The van der Waals surface area contributed by atoms with Crippen LogP contribution in [0.4, 0.5) is 0 Å². The molecule has 6 rings (SSSR count). The van der Waals surface area contributed by atoms with Crippen molar-refractivity contribution in [2.45, 2.75) is 212 Å². The summed E-state index contributed by atoms with van der Waals surface area (Å²) in [6, 6.07) is 0. The van der Waals surface area contributed by atoms with Crippen molar-refractivity contribution in [1.82, 2.24) is 0 Å². The van der Waals surface area contributed by atoms with E-state index in [0.29, 0.717) is 37.6 Å². The summed E-state index contributed by atoms with van der Waals surface area (Å²) in [4.78, 5) is 50.0. The molecule has 0 bridgehead atoms. The third-order valence-corrected chi connectivity index (χ3v) is 6.69. The van der Waals surface area contributed by atoms with Crippen LogP contribution in [-0.4, -0.2) is 110 Å². The van der Waals surface area contributed by atoms with Crippen LogP contribution in [-0.2, 0) is 42.9 Å². The van der Waals surface area contributed by atoms with E-state index in [1.807, 2.05) is 89.3 Å². The van der Waals surface area contributed by atoms with Crippen LogP contribution in [0, 0.1) is 0 Å². The van der Waals surface area contributed by atoms with Crippen molar-refractivity contribution >= 4 is 53.9 Å². The standard InChI is InChI=1S/C6H10O.C5H8O2.C5H10O.C5H8O.C4H6O2.C4H8O.C2H4O2.C2H6OS.6C2H6.CH4O.CH4S/c7-6-4-2-1-3-5-6;6-5-3-1-2-4-7-5;1-2-4-6-5-3-1;6-5-3-1-2-4-5;5-4-2-1-3-6-4;1-2-4-5-3-1;1-2(3)4;1-4-2-3;8*1-2/h1-5H2;1-4H2;1-5H2;1-4H2;1-3H2;1-4H2;1H3,(H,3,4);3H,2H2,1H3;6*1-2H3;2*2H,1H3. The average molecular weight is 925 g/mol. The third-order valence-electron chi connectivity index (χ3n) is 6.43. The van der Waals surface area contributed by atoms with Gasteiger partial charge in [-0.25, -0.2) is 0 Å². The van der Waals surface area contributed by atoms with Gasteiger partial charge in [-0.05, 0) is 89.6 Å². The molecule has 61 heavy (non-hydrogen) atoms. The van der Waals surface area contributed by atoms with E-state index in [0.717, 1.165) is 111 Å². The zero-order valence-corrected chi connectivity index (χ0v) is 44.5. The van der Waals surface area contributed by atoms with Gasteiger partial charge < -0.3 is 34.3 Å². The molecule has 12 nitrogen and oxygen atoms in total. The Balaban J connectivity index is -0.0000000584. The maximum Gasteiger partial charge on any atom is 0.305 e. The minimum absolute atomic E-state index is 0.0359. The number of thioether (sulfide) groups is 1. The molecular weight excluding hydrogens is 821 g/mol. The Morgan fingerprint density at radius 2 is 0.689 bits per heavy atom. The van der Waals surface area contributed by atoms with Crippen LogP contribution >= 0.6 is 24.4 Å². The number of esters is 2. The summed E-state index contributed by atoms with van der Waals surface area (Å²) in [5, 5.41) is 22.3. The second kappa shape index (κ2) is 97.5. The summed E-state index contributed by atoms with van der Waals surface area (Å²) < 4.78 is 19.2. The fourth-order valence-electron chi connectivity index (χ4n) is 4.02. The number of carbonyl (C=O) groups is 5. The van der Waals surface area contributed by atoms with Crippen molar-refractivity contribution in [3.63, 3.8) is 0 Å². The molecule has 376 valence electrons. The number of aliphatic hydroxyl groups excluding tert-OH is 2. The summed E-state index contributed by atoms with van der Waals surface area (Å²) in [6.07, 6.45) is 23.5. The molecule has 4 saturated heterocycles. The van der Waals surface area contributed by atoms with Crippen LogP contribution in [0.5, 0.6) is 0 Å². The molecule has 6 fully saturated rings. The highest BCUT2D eigenvalue weighted by Crippen LogP contribution is 2.12. The molecule has 0 amide bonds. The number of thiol groups is 1. The van der Waals surface area contributed by atoms with Crippen LogP contribution in [0.15, 0.2) is 0 Å². The molecule has 2 saturated carbocycles. The summed E-state index contributed by atoms with van der Waals surface area (Å²) >= 11 is 4.94. The Kier molecular flexibility index (Phi) is 133. The van der Waals surface area contributed by atoms with Gasteiger partial charge in [-0.1, -0.05) is 89.5 Å². The lowest BCUT2D eigenvalue weighted by molar-refractivity contribution is -0.146. The van der Waals surface area contributed by atoms with E-state index in [2.05, 4.69) is 22.1 Å². The second-order valence-corrected chi connectivity index (χ2v) is 11.6. The first-order valence-corrected chi connectivity index (χ1v) is 25.7. The molecule has 6 aliphatic rings. The van der Waals surface area contributed by atoms with E-state index in [1.165, 1.54) is 50.3 Å². The van der Waals surface area contributed by atoms with Gasteiger partial charge in [0.1, 0.15) is 11.6 Å². The minimum atomic E-state index is -0.833. The zero-order valence-electron chi connectivity index (χ0n) is 42.8. The number of carboxylic acid groups (broad SMARTS) is 1. The van der Waals surface area contributed by atoms with E-state index in [1.54, 1.807) is 6.26 Å². The fourth-order valence-corrected chi connectivity index (χ4v) is 4.02. The number of carboxylic acids is 1. The Labute approximate surface area is 388 Å². The van der Waals surface area contributed by atoms with Crippen molar-refractivity contribution in [3.8, 4) is 0 Å². The molecule has 3 N–H and O–H groups in total. The van der Waals surface area contributed by atoms with Gasteiger partial charge in [0.05, 0.1) is 19.2 Å². The number of ketones is 2. The molecule has 0 radical (unpaired) electrons. The lowest BCUT2D eigenvalue weighted by atomic mass is 10.00. The topological polar surface area (TPSA) is 183 Å². The van der Waals surface area contributed by atoms with E-state index in [4.69, 9.17) is 29.6 Å². The molecule has 0 aromatic rings. The molecular formula is C47H104O12S2. The summed E-state index contributed by atoms with van der Waals surface area (Å²) in [6.45, 7) is 30.4. The number of aliphatic carboxylic acids is 1. The van der Waals surface area contributed by atoms with Crippen molar-refractivity contribution in [2.75, 3.05) is 65.2 Å². The highest BCUT2D eigenvalue weighted by atomic mass is 32.2. The Morgan fingerprint density at radius 3 is 0.820 bits per heavy atom. The van der Waals surface area contributed by atoms with Crippen molar-refractivity contribution in [2.24, 2.45) is 0 Å². The van der Waals surface area contributed by atoms with Crippen LogP contribution < -0.4 is 0 Å². The van der Waals surface area contributed by atoms with Gasteiger partial charge in [-0.15, -0.1) is 11.8 Å². The number of Topliss-reactive ketones (excluding diaryl/α,β-unsaturated/α-hetero) is 2. The largest absolute Gasteiger partial charge is 0.481 e. The first kappa shape index (κ1) is 82.9. The van der Waals surface area contributed by atoms with Crippen molar-refractivity contribution < 1.29 is 58.2 Å². The van der Waals surface area contributed by atoms with Gasteiger partial charge in [-0.2, -0.15) is 12.6 Å². The van der Waals surface area contributed by atoms with Crippen molar-refractivity contribution in [3.05, 3.63) is 0 Å². The minimum Gasteiger partial charge on any atom is -0.481 e. The highest BCUT2D eigenvalue weighted by Gasteiger charge is 2.09. The quantitative estimate of drug-likeness (QED) is 0.111. The zero-order chi connectivity index (χ0) is 49.8.